The van der Waals surface area contributed by atoms with Crippen LogP contribution in [0.3, 0.4) is 0 Å². The molecule has 0 heterocycles. The van der Waals surface area contributed by atoms with Crippen molar-refractivity contribution in [3.8, 4) is 0 Å². The molecule has 0 spiro atoms. The lowest BCUT2D eigenvalue weighted by atomic mass is 10.0. The molecule has 0 saturated carbocycles. The van der Waals surface area contributed by atoms with Crippen molar-refractivity contribution in [2.45, 2.75) is 277 Å². The number of allylic oxidation sites excluding steroid dienone is 20. The number of hydrogen-bond donors (Lipinski definition) is 1. The van der Waals surface area contributed by atoms with E-state index in [1.54, 1.807) is 0 Å². The molecule has 2 atom stereocenters. The van der Waals surface area contributed by atoms with Gasteiger partial charge in [0.15, 0.2) is 6.10 Å². The van der Waals surface area contributed by atoms with E-state index in [2.05, 4.69) is 135 Å². The van der Waals surface area contributed by atoms with E-state index in [9.17, 15) is 19.0 Å². The number of phosphoric ester groups is 1. The molecule has 82 heavy (non-hydrogen) atoms. The third-order valence-corrected chi connectivity index (χ3v) is 15.0. The molecule has 0 aliphatic carbocycles. The van der Waals surface area contributed by atoms with Gasteiger partial charge in [-0.2, -0.15) is 0 Å². The largest absolute Gasteiger partial charge is 0.472 e. The maximum atomic E-state index is 12.9. The van der Waals surface area contributed by atoms with Gasteiger partial charge in [0, 0.05) is 12.8 Å². The molecular formula is C72H125NO8P+. The van der Waals surface area contributed by atoms with Crippen LogP contribution < -0.4 is 0 Å². The third-order valence-electron chi connectivity index (χ3n) is 14.0. The first kappa shape index (κ1) is 78.4. The molecule has 0 saturated heterocycles. The Kier molecular flexibility index (Phi) is 59.2. The summed E-state index contributed by atoms with van der Waals surface area (Å²) in [5.41, 5.74) is 0. The van der Waals surface area contributed by atoms with E-state index >= 15 is 0 Å². The van der Waals surface area contributed by atoms with Crippen LogP contribution in [0, 0.1) is 0 Å². The molecule has 0 aliphatic rings. The predicted octanol–water partition coefficient (Wildman–Crippen LogP) is 21.5. The van der Waals surface area contributed by atoms with E-state index in [4.69, 9.17) is 18.5 Å². The van der Waals surface area contributed by atoms with Crippen LogP contribution in [0.1, 0.15) is 271 Å². The van der Waals surface area contributed by atoms with Gasteiger partial charge in [-0.1, -0.05) is 277 Å². The number of esters is 2. The summed E-state index contributed by atoms with van der Waals surface area (Å²) in [6, 6.07) is 0. The first-order chi connectivity index (χ1) is 40.0. The Morgan fingerprint density at radius 1 is 0.378 bits per heavy atom. The molecule has 470 valence electrons. The second kappa shape index (κ2) is 62.0. The summed E-state index contributed by atoms with van der Waals surface area (Å²) in [5.74, 6) is -0.801. The van der Waals surface area contributed by atoms with Crippen LogP contribution in [0.5, 0.6) is 0 Å². The Balaban J connectivity index is 4.07. The molecule has 0 aromatic carbocycles. The van der Waals surface area contributed by atoms with Gasteiger partial charge >= 0.3 is 19.8 Å². The highest BCUT2D eigenvalue weighted by Crippen LogP contribution is 2.43. The lowest BCUT2D eigenvalue weighted by Crippen LogP contribution is -2.37. The van der Waals surface area contributed by atoms with E-state index in [0.717, 1.165) is 109 Å². The zero-order valence-corrected chi connectivity index (χ0v) is 54.3. The molecule has 2 unspecified atom stereocenters. The summed E-state index contributed by atoms with van der Waals surface area (Å²) in [5, 5.41) is 0. The molecule has 0 aliphatic heterocycles. The molecule has 9 nitrogen and oxygen atoms in total. The van der Waals surface area contributed by atoms with Crippen LogP contribution >= 0.6 is 7.82 Å². The average Bonchev–Trinajstić information content (AvgIpc) is 3.45. The van der Waals surface area contributed by atoms with Crippen molar-refractivity contribution in [3.05, 3.63) is 122 Å². The van der Waals surface area contributed by atoms with Crippen LogP contribution in [0.15, 0.2) is 122 Å². The number of carbonyl (C=O) groups excluding carboxylic acids is 2. The van der Waals surface area contributed by atoms with Crippen molar-refractivity contribution in [1.29, 1.82) is 0 Å². The summed E-state index contributed by atoms with van der Waals surface area (Å²) < 4.78 is 34.7. The first-order valence-corrected chi connectivity index (χ1v) is 34.8. The highest BCUT2D eigenvalue weighted by molar-refractivity contribution is 7.47. The minimum atomic E-state index is -4.40. The summed E-state index contributed by atoms with van der Waals surface area (Å²) in [7, 11) is 1.47. The summed E-state index contributed by atoms with van der Waals surface area (Å²) in [6.07, 6.45) is 88.6. The molecule has 10 heteroatoms. The maximum Gasteiger partial charge on any atom is 0.472 e. The first-order valence-electron chi connectivity index (χ1n) is 33.3. The average molecular weight is 1160 g/mol. The zero-order valence-electron chi connectivity index (χ0n) is 53.4. The van der Waals surface area contributed by atoms with Gasteiger partial charge in [0.2, 0.25) is 0 Å². The van der Waals surface area contributed by atoms with Gasteiger partial charge in [-0.25, -0.2) is 4.57 Å². The Morgan fingerprint density at radius 2 is 0.659 bits per heavy atom. The lowest BCUT2D eigenvalue weighted by molar-refractivity contribution is -0.870. The Hall–Kier alpha value is -3.59. The molecule has 0 rings (SSSR count). The topological polar surface area (TPSA) is 108 Å². The number of nitrogens with zero attached hydrogens (tertiary/aromatic N) is 1. The van der Waals surface area contributed by atoms with E-state index < -0.39 is 26.5 Å². The fourth-order valence-corrected chi connectivity index (χ4v) is 9.69. The molecule has 0 fully saturated rings. The van der Waals surface area contributed by atoms with E-state index in [0.29, 0.717) is 17.4 Å². The second-order valence-electron chi connectivity index (χ2n) is 23.1. The maximum absolute atomic E-state index is 12.9. The van der Waals surface area contributed by atoms with E-state index in [1.807, 2.05) is 21.1 Å². The molecule has 0 radical (unpaired) electrons. The standard InChI is InChI=1S/C72H124NO8P/c1-6-8-10-12-14-16-18-20-22-24-26-28-30-31-32-33-34-35-36-37-38-39-40-41-43-45-47-49-51-53-55-57-59-61-63-65-72(75)81-70(69-80-82(76,77)79-67-66-73(3,4)5)68-78-71(74)64-62-60-58-56-54-52-50-48-46-44-42-29-27-25-23-21-19-17-15-13-11-9-7-2/h8-11,14-17,20-23,26-29,31-32,34-35,70H,6-7,12-13,18-19,24-25,30,33,36-69H2,1-5H3/p+1/b10-8-,11-9-,16-14-,17-15-,22-20-,23-21-,28-26-,29-27-,32-31-,35-34-. The summed E-state index contributed by atoms with van der Waals surface area (Å²) in [4.78, 5) is 35.8. The van der Waals surface area contributed by atoms with Crippen LogP contribution in [0.25, 0.3) is 0 Å². The van der Waals surface area contributed by atoms with Crippen molar-refractivity contribution < 1.29 is 42.1 Å². The van der Waals surface area contributed by atoms with Gasteiger partial charge < -0.3 is 18.9 Å². The number of unbranched alkanes of at least 4 members (excludes halogenated alkanes) is 26. The van der Waals surface area contributed by atoms with Crippen LogP contribution in [-0.2, 0) is 32.7 Å². The molecular weight excluding hydrogens is 1040 g/mol. The Morgan fingerprint density at radius 3 is 0.976 bits per heavy atom. The van der Waals surface area contributed by atoms with Gasteiger partial charge in [0.1, 0.15) is 19.8 Å². The summed E-state index contributed by atoms with van der Waals surface area (Å²) >= 11 is 0. The minimum Gasteiger partial charge on any atom is -0.462 e. The highest BCUT2D eigenvalue weighted by atomic mass is 31.2. The second-order valence-corrected chi connectivity index (χ2v) is 24.5. The van der Waals surface area contributed by atoms with Gasteiger partial charge in [-0.3, -0.25) is 18.6 Å². The number of phosphoric acid groups is 1. The van der Waals surface area contributed by atoms with E-state index in [1.165, 1.54) is 128 Å². The molecule has 0 amide bonds. The fourth-order valence-electron chi connectivity index (χ4n) is 8.95. The monoisotopic (exact) mass is 1160 g/mol. The van der Waals surface area contributed by atoms with Gasteiger partial charge in [0.25, 0.3) is 0 Å². The predicted molar refractivity (Wildman–Crippen MR) is 353 cm³/mol. The van der Waals surface area contributed by atoms with Crippen LogP contribution in [0.4, 0.5) is 0 Å². The zero-order chi connectivity index (χ0) is 59.8. The highest BCUT2D eigenvalue weighted by Gasteiger charge is 2.27. The molecule has 0 aromatic rings. The lowest BCUT2D eigenvalue weighted by Gasteiger charge is -2.24. The Labute approximate surface area is 505 Å². The number of rotatable bonds is 60. The third kappa shape index (κ3) is 65.6. The smallest absolute Gasteiger partial charge is 0.462 e. The molecule has 0 aromatic heterocycles. The Bertz CT molecular complexity index is 1800. The number of quaternary nitrogens is 1. The van der Waals surface area contributed by atoms with Crippen molar-refractivity contribution in [1.82, 2.24) is 0 Å². The number of hydrogen-bond acceptors (Lipinski definition) is 7. The molecule has 0 bridgehead atoms. The fraction of sp³-hybridized carbons (Fsp3) is 0.694. The normalized spacial score (nSPS) is 14.0. The van der Waals surface area contributed by atoms with Crippen molar-refractivity contribution in [3.63, 3.8) is 0 Å². The SMILES string of the molecule is CC/C=C\C/C=C\C/C=C\C/C=C\C/C=C\C/C=C\CCCCCCCCCCCCCCCCCCC(=O)OC(COC(=O)CCCCCCCCCCCC/C=C\C/C=C\C/C=C\C/C=C\CC)COP(=O)(O)OCC[N+](C)(C)C. The van der Waals surface area contributed by atoms with E-state index in [-0.39, 0.29) is 32.0 Å². The molecule has 1 N–H and O–H groups in total. The number of carbonyl (C=O) groups is 2. The number of ether oxygens (including phenoxy) is 2. The van der Waals surface area contributed by atoms with Crippen molar-refractivity contribution in [2.24, 2.45) is 0 Å². The summed E-state index contributed by atoms with van der Waals surface area (Å²) in [6.45, 7) is 4.21. The van der Waals surface area contributed by atoms with Crippen molar-refractivity contribution in [2.75, 3.05) is 47.5 Å². The van der Waals surface area contributed by atoms with Gasteiger partial charge in [-0.15, -0.1) is 0 Å². The quantitative estimate of drug-likeness (QED) is 0.0211. The number of likely N-dealkylation sites (N-methyl/N-ethyl adjacent to an activating group) is 1. The minimum absolute atomic E-state index is 0.0267. The van der Waals surface area contributed by atoms with Crippen LogP contribution in [0.2, 0.25) is 0 Å². The van der Waals surface area contributed by atoms with Crippen LogP contribution in [-0.4, -0.2) is 74.9 Å². The van der Waals surface area contributed by atoms with Gasteiger partial charge in [0.05, 0.1) is 27.7 Å². The van der Waals surface area contributed by atoms with Gasteiger partial charge in [-0.05, 0) is 103 Å². The van der Waals surface area contributed by atoms with Crippen molar-refractivity contribution >= 4 is 19.8 Å².